The first kappa shape index (κ1) is 15.3. The standard InChI is InChI=1S/C16H32N2O/c1-14-7-4-5-10-18(14)11-6-9-17-15-8-12-19-16(2,3)13-15/h14-15,17H,4-13H2,1-3H3. The van der Waals surface area contributed by atoms with E-state index < -0.39 is 0 Å². The normalized spacial score (nSPS) is 32.4. The number of rotatable bonds is 5. The molecule has 112 valence electrons. The molecule has 1 N–H and O–H groups in total. The van der Waals surface area contributed by atoms with E-state index in [1.807, 2.05) is 0 Å². The maximum Gasteiger partial charge on any atom is 0.0641 e. The summed E-state index contributed by atoms with van der Waals surface area (Å²) >= 11 is 0. The van der Waals surface area contributed by atoms with Gasteiger partial charge >= 0.3 is 0 Å². The minimum absolute atomic E-state index is 0.0668. The Morgan fingerprint density at radius 3 is 2.84 bits per heavy atom. The van der Waals surface area contributed by atoms with Crippen LogP contribution < -0.4 is 5.32 Å². The molecule has 2 saturated heterocycles. The molecule has 2 aliphatic heterocycles. The van der Waals surface area contributed by atoms with Gasteiger partial charge in [-0.25, -0.2) is 0 Å². The van der Waals surface area contributed by atoms with Crippen LogP contribution in [0.1, 0.15) is 59.3 Å². The van der Waals surface area contributed by atoms with Crippen molar-refractivity contribution in [3.8, 4) is 0 Å². The van der Waals surface area contributed by atoms with Gasteiger partial charge in [0.05, 0.1) is 5.60 Å². The zero-order valence-corrected chi connectivity index (χ0v) is 13.1. The molecule has 0 aromatic heterocycles. The van der Waals surface area contributed by atoms with Gasteiger partial charge in [-0.15, -0.1) is 0 Å². The fourth-order valence-electron chi connectivity index (χ4n) is 3.48. The van der Waals surface area contributed by atoms with Crippen LogP contribution in [0.2, 0.25) is 0 Å². The van der Waals surface area contributed by atoms with E-state index in [2.05, 4.69) is 31.0 Å². The van der Waals surface area contributed by atoms with Gasteiger partial charge in [0.2, 0.25) is 0 Å². The number of ether oxygens (including phenoxy) is 1. The summed E-state index contributed by atoms with van der Waals surface area (Å²) in [7, 11) is 0. The molecule has 0 bridgehead atoms. The summed E-state index contributed by atoms with van der Waals surface area (Å²) in [4.78, 5) is 2.67. The number of nitrogens with zero attached hydrogens (tertiary/aromatic N) is 1. The molecule has 0 radical (unpaired) electrons. The van der Waals surface area contributed by atoms with Crippen molar-refractivity contribution in [3.05, 3.63) is 0 Å². The first-order valence-corrected chi connectivity index (χ1v) is 8.18. The molecule has 2 aliphatic rings. The van der Waals surface area contributed by atoms with Crippen molar-refractivity contribution in [1.82, 2.24) is 10.2 Å². The Morgan fingerprint density at radius 2 is 2.11 bits per heavy atom. The topological polar surface area (TPSA) is 24.5 Å². The van der Waals surface area contributed by atoms with E-state index in [9.17, 15) is 0 Å². The van der Waals surface area contributed by atoms with Gasteiger partial charge in [-0.2, -0.15) is 0 Å². The smallest absolute Gasteiger partial charge is 0.0641 e. The van der Waals surface area contributed by atoms with Crippen molar-refractivity contribution in [2.24, 2.45) is 0 Å². The summed E-state index contributed by atoms with van der Waals surface area (Å²) in [5, 5.41) is 3.72. The molecule has 2 atom stereocenters. The molecule has 0 aromatic carbocycles. The van der Waals surface area contributed by atoms with Gasteiger partial charge in [-0.1, -0.05) is 6.42 Å². The second-order valence-electron chi connectivity index (χ2n) is 6.99. The van der Waals surface area contributed by atoms with Crippen molar-refractivity contribution in [2.45, 2.75) is 77.0 Å². The molecule has 0 aliphatic carbocycles. The Hall–Kier alpha value is -0.120. The first-order valence-electron chi connectivity index (χ1n) is 8.18. The number of hydrogen-bond acceptors (Lipinski definition) is 3. The molecule has 0 aromatic rings. The number of nitrogens with one attached hydrogen (secondary N) is 1. The molecule has 3 nitrogen and oxygen atoms in total. The van der Waals surface area contributed by atoms with E-state index in [1.165, 1.54) is 45.2 Å². The molecular formula is C16H32N2O. The quantitative estimate of drug-likeness (QED) is 0.776. The Balaban J connectivity index is 1.58. The lowest BCUT2D eigenvalue weighted by Gasteiger charge is -2.36. The third-order valence-corrected chi connectivity index (χ3v) is 4.69. The third-order valence-electron chi connectivity index (χ3n) is 4.69. The summed E-state index contributed by atoms with van der Waals surface area (Å²) in [6, 6.07) is 1.46. The molecule has 2 rings (SSSR count). The van der Waals surface area contributed by atoms with Gasteiger partial charge in [0, 0.05) is 18.7 Å². The molecular weight excluding hydrogens is 236 g/mol. The van der Waals surface area contributed by atoms with Crippen LogP contribution >= 0.6 is 0 Å². The lowest BCUT2D eigenvalue weighted by atomic mass is 9.94. The highest BCUT2D eigenvalue weighted by atomic mass is 16.5. The highest BCUT2D eigenvalue weighted by molar-refractivity contribution is 4.83. The van der Waals surface area contributed by atoms with E-state index in [4.69, 9.17) is 4.74 Å². The molecule has 0 amide bonds. The Kier molecular flexibility index (Phi) is 5.67. The zero-order chi connectivity index (χ0) is 13.7. The van der Waals surface area contributed by atoms with Gasteiger partial charge in [-0.05, 0) is 72.5 Å². The van der Waals surface area contributed by atoms with E-state index in [0.29, 0.717) is 6.04 Å². The predicted molar refractivity (Wildman–Crippen MR) is 80.6 cm³/mol. The highest BCUT2D eigenvalue weighted by Gasteiger charge is 2.28. The molecule has 0 saturated carbocycles. The van der Waals surface area contributed by atoms with Gasteiger partial charge < -0.3 is 15.0 Å². The lowest BCUT2D eigenvalue weighted by molar-refractivity contribution is -0.0628. The number of likely N-dealkylation sites (tertiary alicyclic amines) is 1. The van der Waals surface area contributed by atoms with Crippen LogP contribution in [0.4, 0.5) is 0 Å². The summed E-state index contributed by atoms with van der Waals surface area (Å²) in [6.45, 7) is 11.4. The van der Waals surface area contributed by atoms with Crippen LogP contribution in [-0.2, 0) is 4.74 Å². The predicted octanol–water partition coefficient (Wildman–Crippen LogP) is 2.80. The average molecular weight is 268 g/mol. The van der Waals surface area contributed by atoms with E-state index in [1.54, 1.807) is 0 Å². The highest BCUT2D eigenvalue weighted by Crippen LogP contribution is 2.23. The van der Waals surface area contributed by atoms with Gasteiger partial charge in [0.25, 0.3) is 0 Å². The van der Waals surface area contributed by atoms with E-state index >= 15 is 0 Å². The fraction of sp³-hybridized carbons (Fsp3) is 1.00. The molecule has 2 unspecified atom stereocenters. The van der Waals surface area contributed by atoms with E-state index in [-0.39, 0.29) is 5.60 Å². The van der Waals surface area contributed by atoms with Gasteiger partial charge in [-0.3, -0.25) is 0 Å². The monoisotopic (exact) mass is 268 g/mol. The minimum atomic E-state index is 0.0668. The largest absolute Gasteiger partial charge is 0.375 e. The Morgan fingerprint density at radius 1 is 1.26 bits per heavy atom. The molecule has 0 spiro atoms. The van der Waals surface area contributed by atoms with Crippen molar-refractivity contribution in [2.75, 3.05) is 26.2 Å². The van der Waals surface area contributed by atoms with Crippen molar-refractivity contribution in [1.29, 1.82) is 0 Å². The number of piperidine rings is 1. The first-order chi connectivity index (χ1) is 9.07. The maximum atomic E-state index is 5.76. The average Bonchev–Trinajstić information content (AvgIpc) is 2.35. The number of hydrogen-bond donors (Lipinski definition) is 1. The molecule has 19 heavy (non-hydrogen) atoms. The zero-order valence-electron chi connectivity index (χ0n) is 13.1. The Bertz CT molecular complexity index is 267. The summed E-state index contributed by atoms with van der Waals surface area (Å²) in [6.07, 6.45) is 7.80. The molecule has 3 heteroatoms. The second kappa shape index (κ2) is 7.05. The minimum Gasteiger partial charge on any atom is -0.375 e. The molecule has 2 fully saturated rings. The van der Waals surface area contributed by atoms with Crippen molar-refractivity contribution >= 4 is 0 Å². The maximum absolute atomic E-state index is 5.76. The van der Waals surface area contributed by atoms with Crippen molar-refractivity contribution < 1.29 is 4.74 Å². The van der Waals surface area contributed by atoms with Crippen LogP contribution in [0.25, 0.3) is 0 Å². The lowest BCUT2D eigenvalue weighted by Crippen LogP contribution is -2.44. The van der Waals surface area contributed by atoms with E-state index in [0.717, 1.165) is 25.6 Å². The summed E-state index contributed by atoms with van der Waals surface area (Å²) in [5.74, 6) is 0. The summed E-state index contributed by atoms with van der Waals surface area (Å²) < 4.78 is 5.76. The van der Waals surface area contributed by atoms with Crippen LogP contribution in [0, 0.1) is 0 Å². The van der Waals surface area contributed by atoms with Gasteiger partial charge in [0.1, 0.15) is 0 Å². The SMILES string of the molecule is CC1CCCCN1CCCNC1CCOC(C)(C)C1. The van der Waals surface area contributed by atoms with Crippen LogP contribution in [0.3, 0.4) is 0 Å². The second-order valence-corrected chi connectivity index (χ2v) is 6.99. The van der Waals surface area contributed by atoms with Crippen LogP contribution in [0.5, 0.6) is 0 Å². The van der Waals surface area contributed by atoms with Crippen molar-refractivity contribution in [3.63, 3.8) is 0 Å². The third kappa shape index (κ3) is 5.05. The van der Waals surface area contributed by atoms with Crippen LogP contribution in [-0.4, -0.2) is 48.8 Å². The summed E-state index contributed by atoms with van der Waals surface area (Å²) in [5.41, 5.74) is 0.0668. The van der Waals surface area contributed by atoms with Gasteiger partial charge in [0.15, 0.2) is 0 Å². The van der Waals surface area contributed by atoms with Crippen LogP contribution in [0.15, 0.2) is 0 Å². The Labute approximate surface area is 119 Å². The molecule has 2 heterocycles. The fourth-order valence-corrected chi connectivity index (χ4v) is 3.48.